The van der Waals surface area contributed by atoms with Gasteiger partial charge >= 0.3 is 5.97 Å². The zero-order valence-corrected chi connectivity index (χ0v) is 15.7. The van der Waals surface area contributed by atoms with Crippen LogP contribution in [0.25, 0.3) is 11.1 Å². The van der Waals surface area contributed by atoms with Crippen molar-refractivity contribution in [2.45, 2.75) is 26.4 Å². The highest BCUT2D eigenvalue weighted by Crippen LogP contribution is 2.36. The topological polar surface area (TPSA) is 110 Å². The van der Waals surface area contributed by atoms with Crippen LogP contribution in [0.1, 0.15) is 29.8 Å². The van der Waals surface area contributed by atoms with Gasteiger partial charge in [-0.15, -0.1) is 0 Å². The lowest BCUT2D eigenvalue weighted by Gasteiger charge is -2.27. The summed E-state index contributed by atoms with van der Waals surface area (Å²) >= 11 is 0. The van der Waals surface area contributed by atoms with Gasteiger partial charge in [0.05, 0.1) is 18.1 Å². The van der Waals surface area contributed by atoms with E-state index in [-0.39, 0.29) is 24.1 Å². The Balaban J connectivity index is 2.00. The molecule has 0 radical (unpaired) electrons. The fourth-order valence-electron chi connectivity index (χ4n) is 3.53. The molecule has 1 heterocycles. The fourth-order valence-corrected chi connectivity index (χ4v) is 3.53. The molecule has 0 aromatic heterocycles. The van der Waals surface area contributed by atoms with Crippen molar-refractivity contribution in [2.24, 2.45) is 5.92 Å². The lowest BCUT2D eigenvalue weighted by Crippen LogP contribution is -2.44. The summed E-state index contributed by atoms with van der Waals surface area (Å²) in [6, 6.07) is 8.63. The van der Waals surface area contributed by atoms with Crippen molar-refractivity contribution in [1.29, 1.82) is 0 Å². The molecule has 1 aliphatic heterocycles. The highest BCUT2D eigenvalue weighted by molar-refractivity contribution is 6.01. The molecule has 0 fully saturated rings. The van der Waals surface area contributed by atoms with Crippen LogP contribution < -0.4 is 4.74 Å². The van der Waals surface area contributed by atoms with Crippen LogP contribution in [0.4, 0.5) is 5.69 Å². The maximum atomic E-state index is 12.9. The number of ether oxygens (including phenoxy) is 1. The van der Waals surface area contributed by atoms with Crippen LogP contribution >= 0.6 is 0 Å². The van der Waals surface area contributed by atoms with Crippen molar-refractivity contribution < 1.29 is 24.4 Å². The zero-order valence-electron chi connectivity index (χ0n) is 15.7. The third kappa shape index (κ3) is 3.28. The van der Waals surface area contributed by atoms with Crippen molar-refractivity contribution in [1.82, 2.24) is 4.90 Å². The van der Waals surface area contributed by atoms with E-state index >= 15 is 0 Å². The van der Waals surface area contributed by atoms with Gasteiger partial charge in [-0.1, -0.05) is 26.0 Å². The maximum Gasteiger partial charge on any atom is 0.326 e. The van der Waals surface area contributed by atoms with Crippen molar-refractivity contribution in [2.75, 3.05) is 7.11 Å². The number of amides is 1. The van der Waals surface area contributed by atoms with E-state index in [0.717, 1.165) is 5.56 Å². The molecule has 1 aliphatic rings. The molecule has 28 heavy (non-hydrogen) atoms. The minimum absolute atomic E-state index is 0.0924. The van der Waals surface area contributed by atoms with E-state index in [4.69, 9.17) is 4.74 Å². The summed E-state index contributed by atoms with van der Waals surface area (Å²) in [4.78, 5) is 36.3. The van der Waals surface area contributed by atoms with Gasteiger partial charge in [0.1, 0.15) is 11.8 Å². The molecule has 0 unspecified atom stereocenters. The molecule has 1 atom stereocenters. The third-order valence-electron chi connectivity index (χ3n) is 4.87. The number of nitrogens with zero attached hydrogens (tertiary/aromatic N) is 2. The highest BCUT2D eigenvalue weighted by Gasteiger charge is 2.38. The lowest BCUT2D eigenvalue weighted by molar-refractivity contribution is -0.384. The van der Waals surface area contributed by atoms with Crippen LogP contribution in [0.5, 0.6) is 5.75 Å². The molecule has 0 saturated carbocycles. The van der Waals surface area contributed by atoms with Gasteiger partial charge in [-0.25, -0.2) is 4.79 Å². The molecule has 2 aromatic rings. The highest BCUT2D eigenvalue weighted by atomic mass is 16.6. The Kier molecular flexibility index (Phi) is 5.04. The van der Waals surface area contributed by atoms with Gasteiger partial charge in [0.25, 0.3) is 11.6 Å². The van der Waals surface area contributed by atoms with E-state index in [0.29, 0.717) is 22.4 Å². The number of nitro benzene ring substituents is 1. The number of non-ortho nitro benzene ring substituents is 1. The molecule has 2 aromatic carbocycles. The van der Waals surface area contributed by atoms with E-state index in [1.165, 1.54) is 24.1 Å². The Morgan fingerprint density at radius 1 is 1.21 bits per heavy atom. The van der Waals surface area contributed by atoms with Crippen molar-refractivity contribution in [3.63, 3.8) is 0 Å². The normalized spacial score (nSPS) is 14.1. The second kappa shape index (κ2) is 7.30. The minimum atomic E-state index is -1.03. The SMILES string of the molecule is COc1cc([N+](=O)[O-])ccc1-c1ccc2c(c1)C(=O)N([C@H](C(=O)O)C(C)C)C2. The second-order valence-corrected chi connectivity index (χ2v) is 6.97. The number of carbonyl (C=O) groups is 2. The number of methoxy groups -OCH3 is 1. The quantitative estimate of drug-likeness (QED) is 0.604. The summed E-state index contributed by atoms with van der Waals surface area (Å²) in [5, 5.41) is 20.5. The van der Waals surface area contributed by atoms with Crippen molar-refractivity contribution in [3.05, 3.63) is 57.6 Å². The average Bonchev–Trinajstić information content (AvgIpc) is 2.96. The van der Waals surface area contributed by atoms with Gasteiger partial charge in [-0.2, -0.15) is 0 Å². The first kappa shape index (κ1) is 19.3. The predicted octanol–water partition coefficient (Wildman–Crippen LogP) is 3.34. The van der Waals surface area contributed by atoms with Crippen LogP contribution in [0.3, 0.4) is 0 Å². The summed E-state index contributed by atoms with van der Waals surface area (Å²) in [7, 11) is 1.42. The minimum Gasteiger partial charge on any atom is -0.496 e. The number of nitro groups is 1. The zero-order chi connectivity index (χ0) is 20.6. The van der Waals surface area contributed by atoms with Crippen LogP contribution in [0.2, 0.25) is 0 Å². The summed E-state index contributed by atoms with van der Waals surface area (Å²) < 4.78 is 5.28. The summed E-state index contributed by atoms with van der Waals surface area (Å²) in [6.07, 6.45) is 0. The average molecular weight is 384 g/mol. The van der Waals surface area contributed by atoms with E-state index in [1.807, 2.05) is 0 Å². The van der Waals surface area contributed by atoms with E-state index in [1.54, 1.807) is 38.1 Å². The molecular weight excluding hydrogens is 364 g/mol. The molecule has 8 heteroatoms. The maximum absolute atomic E-state index is 12.9. The summed E-state index contributed by atoms with van der Waals surface area (Å²) in [5.41, 5.74) is 2.37. The van der Waals surface area contributed by atoms with Gasteiger partial charge in [-0.05, 0) is 29.2 Å². The van der Waals surface area contributed by atoms with Crippen molar-refractivity contribution in [3.8, 4) is 16.9 Å². The molecular formula is C20H20N2O6. The molecule has 0 bridgehead atoms. The molecule has 0 aliphatic carbocycles. The van der Waals surface area contributed by atoms with Gasteiger partial charge in [0.15, 0.2) is 0 Å². The van der Waals surface area contributed by atoms with Crippen LogP contribution in [-0.2, 0) is 11.3 Å². The number of fused-ring (bicyclic) bond motifs is 1. The largest absolute Gasteiger partial charge is 0.496 e. The Morgan fingerprint density at radius 3 is 2.50 bits per heavy atom. The molecule has 0 saturated heterocycles. The third-order valence-corrected chi connectivity index (χ3v) is 4.87. The standard InChI is InChI=1S/C20H20N2O6/c1-11(2)18(20(24)25)21-10-13-5-4-12(8-16(13)19(21)23)15-7-6-14(22(26)27)9-17(15)28-3/h4-9,11,18H,10H2,1-3H3,(H,24,25)/t18-/m0/s1. The number of carbonyl (C=O) groups excluding carboxylic acids is 1. The number of hydrogen-bond donors (Lipinski definition) is 1. The first-order valence-corrected chi connectivity index (χ1v) is 8.74. The monoisotopic (exact) mass is 384 g/mol. The first-order chi connectivity index (χ1) is 13.2. The van der Waals surface area contributed by atoms with Gasteiger partial charge in [0.2, 0.25) is 0 Å². The van der Waals surface area contributed by atoms with Crippen LogP contribution in [0.15, 0.2) is 36.4 Å². The Labute approximate surface area is 161 Å². The molecule has 3 rings (SSSR count). The number of benzene rings is 2. The van der Waals surface area contributed by atoms with Gasteiger partial charge in [-0.3, -0.25) is 14.9 Å². The lowest BCUT2D eigenvalue weighted by atomic mass is 9.99. The smallest absolute Gasteiger partial charge is 0.326 e. The number of hydrogen-bond acceptors (Lipinski definition) is 5. The van der Waals surface area contributed by atoms with Gasteiger partial charge < -0.3 is 14.7 Å². The Morgan fingerprint density at radius 2 is 1.93 bits per heavy atom. The van der Waals surface area contributed by atoms with Crippen LogP contribution in [0, 0.1) is 16.0 Å². The Bertz CT molecular complexity index is 969. The molecule has 1 N–H and O–H groups in total. The molecule has 146 valence electrons. The molecule has 0 spiro atoms. The fraction of sp³-hybridized carbons (Fsp3) is 0.300. The van der Waals surface area contributed by atoms with E-state index < -0.39 is 16.9 Å². The van der Waals surface area contributed by atoms with Crippen molar-refractivity contribution >= 4 is 17.6 Å². The summed E-state index contributed by atoms with van der Waals surface area (Å²) in [6.45, 7) is 3.77. The molecule has 8 nitrogen and oxygen atoms in total. The number of carboxylic acid groups (broad SMARTS) is 1. The molecule has 1 amide bonds. The van der Waals surface area contributed by atoms with E-state index in [2.05, 4.69) is 0 Å². The summed E-state index contributed by atoms with van der Waals surface area (Å²) in [5.74, 6) is -1.28. The van der Waals surface area contributed by atoms with Gasteiger partial charge in [0, 0.05) is 23.7 Å². The van der Waals surface area contributed by atoms with Crippen LogP contribution in [-0.4, -0.2) is 40.0 Å². The Hall–Kier alpha value is -3.42. The first-order valence-electron chi connectivity index (χ1n) is 8.74. The number of rotatable bonds is 6. The van der Waals surface area contributed by atoms with E-state index in [9.17, 15) is 24.8 Å². The number of carboxylic acids is 1. The predicted molar refractivity (Wildman–Crippen MR) is 101 cm³/mol. The second-order valence-electron chi connectivity index (χ2n) is 6.97. The number of aliphatic carboxylic acids is 1.